The third-order valence-electron chi connectivity index (χ3n) is 3.94. The number of furan rings is 1. The van der Waals surface area contributed by atoms with E-state index in [9.17, 15) is 4.79 Å². The summed E-state index contributed by atoms with van der Waals surface area (Å²) in [6.07, 6.45) is 0. The molecule has 5 heteroatoms. The minimum atomic E-state index is -0.585. The molecule has 0 atom stereocenters. The van der Waals surface area contributed by atoms with Crippen LogP contribution in [0.25, 0.3) is 11.1 Å². The van der Waals surface area contributed by atoms with Crippen LogP contribution in [0.15, 0.2) is 59.0 Å². The topological polar surface area (TPSA) is 74.7 Å². The first-order valence-corrected chi connectivity index (χ1v) is 7.83. The van der Waals surface area contributed by atoms with Crippen LogP contribution in [0.2, 0.25) is 0 Å². The maximum absolute atomic E-state index is 11.1. The van der Waals surface area contributed by atoms with Gasteiger partial charge in [-0.25, -0.2) is 0 Å². The van der Waals surface area contributed by atoms with Crippen molar-refractivity contribution in [1.29, 1.82) is 0 Å². The quantitative estimate of drug-likeness (QED) is 0.739. The molecule has 0 spiro atoms. The molecule has 1 amide bonds. The Bertz CT molecular complexity index is 864. The van der Waals surface area contributed by atoms with Crippen LogP contribution in [0, 0.1) is 6.92 Å². The second-order valence-electron chi connectivity index (χ2n) is 5.60. The normalized spacial score (nSPS) is 10.5. The van der Waals surface area contributed by atoms with Crippen LogP contribution in [0.4, 0.5) is 0 Å². The number of primary amides is 1. The Hall–Kier alpha value is -3.21. The molecule has 0 saturated carbocycles. The number of methoxy groups -OCH3 is 1. The second kappa shape index (κ2) is 7.13. The van der Waals surface area contributed by atoms with Gasteiger partial charge in [-0.15, -0.1) is 0 Å². The number of benzene rings is 2. The van der Waals surface area contributed by atoms with Crippen molar-refractivity contribution in [2.24, 2.45) is 5.73 Å². The number of aryl methyl sites for hydroxylation is 1. The maximum Gasteiger partial charge on any atom is 0.284 e. The van der Waals surface area contributed by atoms with E-state index in [1.165, 1.54) is 0 Å². The van der Waals surface area contributed by atoms with Gasteiger partial charge in [-0.3, -0.25) is 4.79 Å². The van der Waals surface area contributed by atoms with Crippen LogP contribution in [0.1, 0.15) is 21.9 Å². The molecule has 0 radical (unpaired) electrons. The van der Waals surface area contributed by atoms with E-state index >= 15 is 0 Å². The van der Waals surface area contributed by atoms with E-state index in [4.69, 9.17) is 19.6 Å². The lowest BCUT2D eigenvalue weighted by atomic mass is 10.1. The summed E-state index contributed by atoms with van der Waals surface area (Å²) in [5.74, 6) is 1.75. The zero-order chi connectivity index (χ0) is 17.8. The van der Waals surface area contributed by atoms with Gasteiger partial charge in [-0.1, -0.05) is 24.3 Å². The smallest absolute Gasteiger partial charge is 0.284 e. The molecule has 0 bridgehead atoms. The Balaban J connectivity index is 1.67. The lowest BCUT2D eigenvalue weighted by Gasteiger charge is -2.07. The van der Waals surface area contributed by atoms with Gasteiger partial charge in [0.15, 0.2) is 5.76 Å². The van der Waals surface area contributed by atoms with Crippen LogP contribution in [-0.2, 0) is 6.61 Å². The first-order chi connectivity index (χ1) is 12.1. The number of rotatable bonds is 6. The molecule has 2 N–H and O–H groups in total. The standard InChI is InChI=1S/C20H19NO4/c1-13-16(11-19(25-13)20(21)22)12-24-18-9-5-15(6-10-18)14-3-7-17(23-2)8-4-14/h3-11H,12H2,1-2H3,(H2,21,22). The van der Waals surface area contributed by atoms with Gasteiger partial charge in [0.1, 0.15) is 23.9 Å². The summed E-state index contributed by atoms with van der Waals surface area (Å²) in [7, 11) is 1.65. The van der Waals surface area contributed by atoms with Crippen molar-refractivity contribution in [3.8, 4) is 22.6 Å². The fourth-order valence-electron chi connectivity index (χ4n) is 2.47. The first-order valence-electron chi connectivity index (χ1n) is 7.83. The molecule has 1 aromatic heterocycles. The zero-order valence-electron chi connectivity index (χ0n) is 14.1. The van der Waals surface area contributed by atoms with Gasteiger partial charge in [0.2, 0.25) is 0 Å². The fourth-order valence-corrected chi connectivity index (χ4v) is 2.47. The maximum atomic E-state index is 11.1. The van der Waals surface area contributed by atoms with Gasteiger partial charge < -0.3 is 19.6 Å². The number of hydrogen-bond donors (Lipinski definition) is 1. The van der Waals surface area contributed by atoms with Gasteiger partial charge in [0.05, 0.1) is 7.11 Å². The Morgan fingerprint density at radius 2 is 1.56 bits per heavy atom. The highest BCUT2D eigenvalue weighted by Gasteiger charge is 2.12. The van der Waals surface area contributed by atoms with Gasteiger partial charge in [0, 0.05) is 5.56 Å². The van der Waals surface area contributed by atoms with Gasteiger partial charge >= 0.3 is 0 Å². The lowest BCUT2D eigenvalue weighted by molar-refractivity contribution is 0.0972. The molecule has 3 aromatic rings. The predicted octanol–water partition coefficient (Wildman–Crippen LogP) is 3.94. The van der Waals surface area contributed by atoms with Crippen LogP contribution < -0.4 is 15.2 Å². The van der Waals surface area contributed by atoms with E-state index in [1.807, 2.05) is 48.5 Å². The molecule has 128 valence electrons. The average molecular weight is 337 g/mol. The number of carbonyl (C=O) groups excluding carboxylic acids is 1. The molecule has 0 unspecified atom stereocenters. The molecule has 0 aliphatic rings. The number of carbonyl (C=O) groups is 1. The van der Waals surface area contributed by atoms with E-state index in [2.05, 4.69) is 0 Å². The van der Waals surface area contributed by atoms with Crippen molar-refractivity contribution in [3.05, 3.63) is 71.7 Å². The van der Waals surface area contributed by atoms with Gasteiger partial charge in [0.25, 0.3) is 5.91 Å². The third kappa shape index (κ3) is 3.83. The highest BCUT2D eigenvalue weighted by atomic mass is 16.5. The monoisotopic (exact) mass is 337 g/mol. The molecule has 5 nitrogen and oxygen atoms in total. The van der Waals surface area contributed by atoms with Crippen molar-refractivity contribution in [3.63, 3.8) is 0 Å². The SMILES string of the molecule is COc1ccc(-c2ccc(OCc3cc(C(N)=O)oc3C)cc2)cc1. The van der Waals surface area contributed by atoms with E-state index in [-0.39, 0.29) is 5.76 Å². The highest BCUT2D eigenvalue weighted by Crippen LogP contribution is 2.25. The van der Waals surface area contributed by atoms with Gasteiger partial charge in [-0.05, 0) is 48.4 Å². The second-order valence-corrected chi connectivity index (χ2v) is 5.60. The number of ether oxygens (including phenoxy) is 2. The average Bonchev–Trinajstić information content (AvgIpc) is 3.02. The number of amides is 1. The Morgan fingerprint density at radius 3 is 2.04 bits per heavy atom. The molecule has 2 aromatic carbocycles. The molecule has 0 saturated heterocycles. The summed E-state index contributed by atoms with van der Waals surface area (Å²) in [4.78, 5) is 11.1. The minimum absolute atomic E-state index is 0.144. The molecule has 3 rings (SSSR count). The molecule has 0 aliphatic heterocycles. The Morgan fingerprint density at radius 1 is 1.00 bits per heavy atom. The van der Waals surface area contributed by atoms with Crippen LogP contribution in [0.3, 0.4) is 0 Å². The molecule has 25 heavy (non-hydrogen) atoms. The van der Waals surface area contributed by atoms with Crippen molar-refractivity contribution in [2.45, 2.75) is 13.5 Å². The number of hydrogen-bond acceptors (Lipinski definition) is 4. The van der Waals surface area contributed by atoms with E-state index < -0.39 is 5.91 Å². The van der Waals surface area contributed by atoms with E-state index in [1.54, 1.807) is 20.1 Å². The summed E-state index contributed by atoms with van der Waals surface area (Å²) in [5, 5.41) is 0. The summed E-state index contributed by atoms with van der Waals surface area (Å²) in [6.45, 7) is 2.09. The van der Waals surface area contributed by atoms with Crippen LogP contribution >= 0.6 is 0 Å². The van der Waals surface area contributed by atoms with E-state index in [0.29, 0.717) is 12.4 Å². The van der Waals surface area contributed by atoms with E-state index in [0.717, 1.165) is 28.2 Å². The summed E-state index contributed by atoms with van der Waals surface area (Å²) < 4.78 is 16.2. The predicted molar refractivity (Wildman–Crippen MR) is 94.7 cm³/mol. The molecule has 0 fully saturated rings. The first kappa shape index (κ1) is 16.6. The highest BCUT2D eigenvalue weighted by molar-refractivity contribution is 5.90. The van der Waals surface area contributed by atoms with Crippen LogP contribution in [0.5, 0.6) is 11.5 Å². The lowest BCUT2D eigenvalue weighted by Crippen LogP contribution is -2.09. The molecular weight excluding hydrogens is 318 g/mol. The Kier molecular flexibility index (Phi) is 4.75. The summed E-state index contributed by atoms with van der Waals surface area (Å²) in [5.41, 5.74) is 8.20. The van der Waals surface area contributed by atoms with Crippen molar-refractivity contribution in [2.75, 3.05) is 7.11 Å². The largest absolute Gasteiger partial charge is 0.497 e. The van der Waals surface area contributed by atoms with Gasteiger partial charge in [-0.2, -0.15) is 0 Å². The minimum Gasteiger partial charge on any atom is -0.497 e. The fraction of sp³-hybridized carbons (Fsp3) is 0.150. The number of nitrogens with two attached hydrogens (primary N) is 1. The van der Waals surface area contributed by atoms with Crippen molar-refractivity contribution >= 4 is 5.91 Å². The molecule has 1 heterocycles. The molecule has 0 aliphatic carbocycles. The Labute approximate surface area is 146 Å². The van der Waals surface area contributed by atoms with Crippen molar-refractivity contribution in [1.82, 2.24) is 0 Å². The summed E-state index contributed by atoms with van der Waals surface area (Å²) in [6, 6.07) is 17.3. The zero-order valence-corrected chi connectivity index (χ0v) is 14.1. The van der Waals surface area contributed by atoms with Crippen LogP contribution in [-0.4, -0.2) is 13.0 Å². The molecular formula is C20H19NO4. The third-order valence-corrected chi connectivity index (χ3v) is 3.94. The van der Waals surface area contributed by atoms with Crippen molar-refractivity contribution < 1.29 is 18.7 Å². The summed E-state index contributed by atoms with van der Waals surface area (Å²) >= 11 is 0.